The quantitative estimate of drug-likeness (QED) is 0.190. The van der Waals surface area contributed by atoms with Gasteiger partial charge in [-0.3, -0.25) is 0 Å². The highest BCUT2D eigenvalue weighted by Gasteiger charge is 2.22. The molecule has 0 saturated carbocycles. The van der Waals surface area contributed by atoms with Crippen molar-refractivity contribution < 1.29 is 0 Å². The van der Waals surface area contributed by atoms with E-state index in [9.17, 15) is 0 Å². The second-order valence-corrected chi connectivity index (χ2v) is 12.1. The van der Waals surface area contributed by atoms with Crippen molar-refractivity contribution in [2.45, 2.75) is 12.8 Å². The summed E-state index contributed by atoms with van der Waals surface area (Å²) in [5.74, 6) is 0. The molecule has 0 aromatic heterocycles. The zero-order chi connectivity index (χ0) is 29.7. The van der Waals surface area contributed by atoms with Crippen LogP contribution in [0.25, 0.3) is 54.6 Å². The number of fused-ring (bicyclic) bond motifs is 6. The third kappa shape index (κ3) is 4.39. The molecule has 9 rings (SSSR count). The topological polar surface area (TPSA) is 3.24 Å². The summed E-state index contributed by atoms with van der Waals surface area (Å²) >= 11 is 0. The highest BCUT2D eigenvalue weighted by Crippen LogP contribution is 2.43. The van der Waals surface area contributed by atoms with Gasteiger partial charge in [-0.15, -0.1) is 0 Å². The molecule has 8 aromatic rings. The molecule has 8 aromatic carbocycles. The average Bonchev–Trinajstić information content (AvgIpc) is 3.28. The van der Waals surface area contributed by atoms with E-state index < -0.39 is 0 Å². The predicted molar refractivity (Wildman–Crippen MR) is 192 cm³/mol. The van der Waals surface area contributed by atoms with Crippen molar-refractivity contribution in [3.63, 3.8) is 0 Å². The Morgan fingerprint density at radius 2 is 0.889 bits per heavy atom. The molecule has 1 aliphatic heterocycles. The molecule has 0 fully saturated rings. The lowest BCUT2D eigenvalue weighted by Gasteiger charge is -2.27. The molecule has 212 valence electrons. The van der Waals surface area contributed by atoms with Gasteiger partial charge in [-0.25, -0.2) is 0 Å². The standard InChI is InChI=1S/C44H31N/c1-2-10-30(11-3-1)41-28-33-14-4-5-15-34(33)29-42(41)36-22-24-39-35(26-36)20-21-37-27-38(23-25-40(37)39)45-43-16-8-6-12-31(43)18-19-32-13-7-9-17-44(32)45/h1-17,20-29H,18-19H2. The van der Waals surface area contributed by atoms with Crippen LogP contribution >= 0.6 is 0 Å². The number of para-hydroxylation sites is 2. The number of hydrogen-bond acceptors (Lipinski definition) is 1. The van der Waals surface area contributed by atoms with Crippen LogP contribution in [-0.4, -0.2) is 0 Å². The van der Waals surface area contributed by atoms with Gasteiger partial charge in [-0.05, 0) is 121 Å². The fourth-order valence-corrected chi connectivity index (χ4v) is 7.26. The van der Waals surface area contributed by atoms with Crippen LogP contribution in [0.5, 0.6) is 0 Å². The summed E-state index contributed by atoms with van der Waals surface area (Å²) < 4.78 is 0. The van der Waals surface area contributed by atoms with Crippen molar-refractivity contribution in [2.24, 2.45) is 0 Å². The van der Waals surface area contributed by atoms with Gasteiger partial charge in [0, 0.05) is 17.1 Å². The molecule has 45 heavy (non-hydrogen) atoms. The lowest BCUT2D eigenvalue weighted by Crippen LogP contribution is -2.11. The fraction of sp³-hybridized carbons (Fsp3) is 0.0455. The Labute approximate surface area is 263 Å². The maximum Gasteiger partial charge on any atom is 0.0493 e. The number of rotatable bonds is 3. The molecule has 0 radical (unpaired) electrons. The lowest BCUT2D eigenvalue weighted by molar-refractivity contribution is 0.977. The van der Waals surface area contributed by atoms with Gasteiger partial charge >= 0.3 is 0 Å². The zero-order valence-electron chi connectivity index (χ0n) is 24.9. The van der Waals surface area contributed by atoms with E-state index in [1.54, 1.807) is 0 Å². The molecule has 0 spiro atoms. The first-order valence-corrected chi connectivity index (χ1v) is 15.8. The molecule has 0 unspecified atom stereocenters. The van der Waals surface area contributed by atoms with Crippen LogP contribution in [0.1, 0.15) is 11.1 Å². The average molecular weight is 574 g/mol. The Bertz CT molecular complexity index is 2340. The van der Waals surface area contributed by atoms with Gasteiger partial charge in [0.15, 0.2) is 0 Å². The van der Waals surface area contributed by atoms with Crippen LogP contribution < -0.4 is 4.90 Å². The summed E-state index contributed by atoms with van der Waals surface area (Å²) in [6, 6.07) is 60.3. The molecule has 1 nitrogen and oxygen atoms in total. The molecular weight excluding hydrogens is 542 g/mol. The van der Waals surface area contributed by atoms with Crippen molar-refractivity contribution >= 4 is 49.4 Å². The Kier molecular flexibility index (Phi) is 6.02. The minimum Gasteiger partial charge on any atom is -0.310 e. The summed E-state index contributed by atoms with van der Waals surface area (Å²) in [7, 11) is 0. The second kappa shape index (κ2) is 10.5. The van der Waals surface area contributed by atoms with E-state index in [0.29, 0.717) is 0 Å². The van der Waals surface area contributed by atoms with Crippen molar-refractivity contribution in [1.29, 1.82) is 0 Å². The van der Waals surface area contributed by atoms with Gasteiger partial charge in [-0.2, -0.15) is 0 Å². The zero-order valence-corrected chi connectivity index (χ0v) is 24.9. The first-order valence-electron chi connectivity index (χ1n) is 15.8. The van der Waals surface area contributed by atoms with Crippen LogP contribution in [0, 0.1) is 0 Å². The minimum atomic E-state index is 1.05. The summed E-state index contributed by atoms with van der Waals surface area (Å²) in [6.07, 6.45) is 2.10. The first kappa shape index (κ1) is 25.8. The predicted octanol–water partition coefficient (Wildman–Crippen LogP) is 12.0. The Balaban J connectivity index is 1.18. The first-order chi connectivity index (χ1) is 22.3. The van der Waals surface area contributed by atoms with Gasteiger partial charge in [-0.1, -0.05) is 121 Å². The van der Waals surface area contributed by atoms with Crippen LogP contribution in [0.15, 0.2) is 164 Å². The highest BCUT2D eigenvalue weighted by atomic mass is 15.1. The minimum absolute atomic E-state index is 1.05. The summed E-state index contributed by atoms with van der Waals surface area (Å²) in [6.45, 7) is 0. The summed E-state index contributed by atoms with van der Waals surface area (Å²) in [5.41, 5.74) is 11.5. The van der Waals surface area contributed by atoms with Gasteiger partial charge in [0.1, 0.15) is 0 Å². The number of anilines is 3. The second-order valence-electron chi connectivity index (χ2n) is 12.1. The molecule has 0 saturated heterocycles. The van der Waals surface area contributed by atoms with E-state index in [2.05, 4.69) is 169 Å². The van der Waals surface area contributed by atoms with Gasteiger partial charge in [0.05, 0.1) is 0 Å². The molecule has 1 heterocycles. The SMILES string of the molecule is c1ccc(-c2cc3ccccc3cc2-c2ccc3c(ccc4cc(N5c6ccccc6CCc6ccccc65)ccc43)c2)cc1. The molecule has 0 atom stereocenters. The van der Waals surface area contributed by atoms with Crippen LogP contribution in [0.4, 0.5) is 17.1 Å². The van der Waals surface area contributed by atoms with E-state index in [4.69, 9.17) is 0 Å². The number of hydrogen-bond donors (Lipinski definition) is 0. The van der Waals surface area contributed by atoms with E-state index in [-0.39, 0.29) is 0 Å². The maximum absolute atomic E-state index is 2.45. The number of nitrogens with zero attached hydrogens (tertiary/aromatic N) is 1. The molecule has 0 aliphatic carbocycles. The normalized spacial score (nSPS) is 12.7. The van der Waals surface area contributed by atoms with Gasteiger partial charge in [0.2, 0.25) is 0 Å². The van der Waals surface area contributed by atoms with E-state index in [1.165, 1.54) is 82.8 Å². The number of aryl methyl sites for hydroxylation is 2. The van der Waals surface area contributed by atoms with Crippen molar-refractivity contribution in [1.82, 2.24) is 0 Å². The molecule has 1 heteroatoms. The van der Waals surface area contributed by atoms with Crippen LogP contribution in [-0.2, 0) is 12.8 Å². The van der Waals surface area contributed by atoms with Crippen molar-refractivity contribution in [3.8, 4) is 22.3 Å². The van der Waals surface area contributed by atoms with E-state index >= 15 is 0 Å². The van der Waals surface area contributed by atoms with E-state index in [0.717, 1.165) is 12.8 Å². The Morgan fingerprint density at radius 3 is 1.56 bits per heavy atom. The van der Waals surface area contributed by atoms with Gasteiger partial charge in [0.25, 0.3) is 0 Å². The largest absolute Gasteiger partial charge is 0.310 e. The third-order valence-electron chi connectivity index (χ3n) is 9.49. The lowest BCUT2D eigenvalue weighted by atomic mass is 9.90. The van der Waals surface area contributed by atoms with Crippen molar-refractivity contribution in [3.05, 3.63) is 175 Å². The summed E-state index contributed by atoms with van der Waals surface area (Å²) in [4.78, 5) is 2.45. The maximum atomic E-state index is 2.45. The smallest absolute Gasteiger partial charge is 0.0493 e. The third-order valence-corrected chi connectivity index (χ3v) is 9.49. The fourth-order valence-electron chi connectivity index (χ4n) is 7.26. The van der Waals surface area contributed by atoms with Crippen LogP contribution in [0.2, 0.25) is 0 Å². The van der Waals surface area contributed by atoms with Crippen molar-refractivity contribution in [2.75, 3.05) is 4.90 Å². The Hall–Kier alpha value is -5.66. The molecule has 0 N–H and O–H groups in total. The molecule has 0 amide bonds. The summed E-state index contributed by atoms with van der Waals surface area (Å²) in [5, 5.41) is 7.59. The van der Waals surface area contributed by atoms with Crippen LogP contribution in [0.3, 0.4) is 0 Å². The monoisotopic (exact) mass is 573 g/mol. The molecule has 1 aliphatic rings. The Morgan fingerprint density at radius 1 is 0.356 bits per heavy atom. The molecular formula is C44H31N. The van der Waals surface area contributed by atoms with E-state index in [1.807, 2.05) is 0 Å². The molecule has 0 bridgehead atoms. The van der Waals surface area contributed by atoms with Gasteiger partial charge < -0.3 is 4.90 Å². The highest BCUT2D eigenvalue weighted by molar-refractivity contribution is 6.10. The number of benzene rings is 8.